The molecule has 2 N–H and O–H groups in total. The van der Waals surface area contributed by atoms with E-state index in [0.717, 1.165) is 6.07 Å². The van der Waals surface area contributed by atoms with E-state index < -0.39 is 17.3 Å². The molecule has 8 heteroatoms. The highest BCUT2D eigenvalue weighted by Gasteiger charge is 2.11. The summed E-state index contributed by atoms with van der Waals surface area (Å²) in [5.41, 5.74) is 1.06. The lowest BCUT2D eigenvalue weighted by atomic mass is 10.2. The summed E-state index contributed by atoms with van der Waals surface area (Å²) in [5.74, 6) is -1.34. The van der Waals surface area contributed by atoms with Gasteiger partial charge in [0.2, 0.25) is 5.43 Å². The number of carbonyl (C=O) groups is 2. The van der Waals surface area contributed by atoms with Gasteiger partial charge in [-0.05, 0) is 42.0 Å². The fourth-order valence-corrected chi connectivity index (χ4v) is 2.45. The first-order valence-corrected chi connectivity index (χ1v) is 8.56. The number of carbonyl (C=O) groups excluding carboxylic acids is 2. The average Bonchev–Trinajstić information content (AvgIpc) is 2.74. The first-order chi connectivity index (χ1) is 14.0. The van der Waals surface area contributed by atoms with E-state index in [2.05, 4.69) is 15.0 Å². The summed E-state index contributed by atoms with van der Waals surface area (Å²) in [6.45, 7) is 0.0848. The molecular weight excluding hydrogens is 379 g/mol. The van der Waals surface area contributed by atoms with Gasteiger partial charge in [-0.2, -0.15) is 0 Å². The summed E-state index contributed by atoms with van der Waals surface area (Å²) in [6, 6.07) is 12.9. The van der Waals surface area contributed by atoms with E-state index in [1.54, 1.807) is 24.3 Å². The SMILES string of the molecule is COC(=O)c1ccc(NC(=O)c2cc(=O)c(OCc3ccc(F)cc3)c[nH]2)cc1. The molecule has 29 heavy (non-hydrogen) atoms. The fraction of sp³-hybridized carbons (Fsp3) is 0.0952. The molecule has 0 radical (unpaired) electrons. The third kappa shape index (κ3) is 5.07. The molecule has 148 valence electrons. The highest BCUT2D eigenvalue weighted by Crippen LogP contribution is 2.12. The standard InChI is InChI=1S/C21H17FN2O5/c1-28-21(27)14-4-8-16(9-5-14)24-20(26)17-10-18(25)19(11-23-17)29-12-13-2-6-15(22)7-3-13/h2-11H,12H2,1H3,(H,23,25)(H,24,26). The Morgan fingerprint density at radius 3 is 2.38 bits per heavy atom. The number of ether oxygens (including phenoxy) is 2. The quantitative estimate of drug-likeness (QED) is 0.624. The lowest BCUT2D eigenvalue weighted by molar-refractivity contribution is 0.0600. The molecular formula is C21H17FN2O5. The second-order valence-corrected chi connectivity index (χ2v) is 6.01. The lowest BCUT2D eigenvalue weighted by Crippen LogP contribution is -2.18. The largest absolute Gasteiger partial charge is 0.483 e. The molecule has 1 heterocycles. The van der Waals surface area contributed by atoms with Crippen LogP contribution in [0.5, 0.6) is 5.75 Å². The van der Waals surface area contributed by atoms with Crippen molar-refractivity contribution in [1.82, 2.24) is 4.98 Å². The maximum Gasteiger partial charge on any atom is 0.337 e. The van der Waals surface area contributed by atoms with E-state index in [1.165, 1.54) is 37.6 Å². The molecule has 0 spiro atoms. The molecule has 3 rings (SSSR count). The van der Waals surface area contributed by atoms with Gasteiger partial charge in [0.25, 0.3) is 5.91 Å². The summed E-state index contributed by atoms with van der Waals surface area (Å²) in [5, 5.41) is 2.61. The third-order valence-corrected chi connectivity index (χ3v) is 3.99. The van der Waals surface area contributed by atoms with E-state index in [1.807, 2.05) is 0 Å². The molecule has 0 unspecified atom stereocenters. The van der Waals surface area contributed by atoms with Crippen LogP contribution in [0.2, 0.25) is 0 Å². The lowest BCUT2D eigenvalue weighted by Gasteiger charge is -2.08. The van der Waals surface area contributed by atoms with Crippen LogP contribution in [0.1, 0.15) is 26.4 Å². The molecule has 0 aliphatic heterocycles. The smallest absolute Gasteiger partial charge is 0.337 e. The van der Waals surface area contributed by atoms with Crippen LogP contribution < -0.4 is 15.5 Å². The number of amides is 1. The highest BCUT2D eigenvalue weighted by molar-refractivity contribution is 6.03. The van der Waals surface area contributed by atoms with E-state index in [-0.39, 0.29) is 23.9 Å². The van der Waals surface area contributed by atoms with Crippen molar-refractivity contribution >= 4 is 17.6 Å². The van der Waals surface area contributed by atoms with E-state index in [0.29, 0.717) is 16.8 Å². The molecule has 0 aliphatic carbocycles. The number of pyridine rings is 1. The number of nitrogens with one attached hydrogen (secondary N) is 2. The molecule has 3 aromatic rings. The van der Waals surface area contributed by atoms with Gasteiger partial charge < -0.3 is 19.8 Å². The van der Waals surface area contributed by atoms with Crippen LogP contribution in [0.4, 0.5) is 10.1 Å². The van der Waals surface area contributed by atoms with Crippen LogP contribution in [-0.2, 0) is 11.3 Å². The molecule has 0 aliphatic rings. The number of hydrogen-bond acceptors (Lipinski definition) is 5. The first-order valence-electron chi connectivity index (χ1n) is 8.56. The van der Waals surface area contributed by atoms with Gasteiger partial charge in [0.05, 0.1) is 12.7 Å². The number of aromatic amines is 1. The van der Waals surface area contributed by atoms with Gasteiger partial charge in [-0.3, -0.25) is 9.59 Å². The number of methoxy groups -OCH3 is 1. The van der Waals surface area contributed by atoms with Gasteiger partial charge >= 0.3 is 5.97 Å². The van der Waals surface area contributed by atoms with E-state index in [9.17, 15) is 18.8 Å². The molecule has 7 nitrogen and oxygen atoms in total. The van der Waals surface area contributed by atoms with Crippen molar-refractivity contribution in [1.29, 1.82) is 0 Å². The Labute approximate surface area is 165 Å². The minimum atomic E-state index is -0.530. The van der Waals surface area contributed by atoms with Crippen LogP contribution in [0.15, 0.2) is 65.6 Å². The van der Waals surface area contributed by atoms with Gasteiger partial charge in [-0.25, -0.2) is 9.18 Å². The Hall–Kier alpha value is -3.94. The summed E-state index contributed by atoms with van der Waals surface area (Å²) in [6.07, 6.45) is 1.29. The molecule has 0 bridgehead atoms. The van der Waals surface area contributed by atoms with Crippen molar-refractivity contribution in [3.63, 3.8) is 0 Å². The topological polar surface area (TPSA) is 97.5 Å². The molecule has 0 atom stereocenters. The zero-order valence-electron chi connectivity index (χ0n) is 15.4. The number of rotatable bonds is 6. The number of esters is 1. The van der Waals surface area contributed by atoms with Crippen molar-refractivity contribution in [3.05, 3.63) is 93.7 Å². The number of anilines is 1. The van der Waals surface area contributed by atoms with E-state index >= 15 is 0 Å². The maximum absolute atomic E-state index is 12.9. The van der Waals surface area contributed by atoms with Crippen molar-refractivity contribution in [2.24, 2.45) is 0 Å². The predicted molar refractivity (Wildman–Crippen MR) is 104 cm³/mol. The second-order valence-electron chi connectivity index (χ2n) is 6.01. The van der Waals surface area contributed by atoms with Crippen LogP contribution >= 0.6 is 0 Å². The van der Waals surface area contributed by atoms with Gasteiger partial charge in [0, 0.05) is 18.0 Å². The molecule has 0 saturated carbocycles. The minimum absolute atomic E-state index is 0.0355. The number of benzene rings is 2. The zero-order valence-corrected chi connectivity index (χ0v) is 15.4. The molecule has 2 aromatic carbocycles. The van der Waals surface area contributed by atoms with Crippen LogP contribution in [0, 0.1) is 5.82 Å². The zero-order chi connectivity index (χ0) is 20.8. The monoisotopic (exact) mass is 396 g/mol. The number of aromatic nitrogens is 1. The van der Waals surface area contributed by atoms with Crippen LogP contribution in [0.3, 0.4) is 0 Å². The number of halogens is 1. The normalized spacial score (nSPS) is 10.3. The van der Waals surface area contributed by atoms with Crippen LogP contribution in [-0.4, -0.2) is 24.0 Å². The fourth-order valence-electron chi connectivity index (χ4n) is 2.45. The summed E-state index contributed by atoms with van der Waals surface area (Å²) < 4.78 is 22.9. The summed E-state index contributed by atoms with van der Waals surface area (Å²) >= 11 is 0. The molecule has 1 amide bonds. The van der Waals surface area contributed by atoms with E-state index in [4.69, 9.17) is 4.74 Å². The molecule has 0 saturated heterocycles. The van der Waals surface area contributed by atoms with Gasteiger partial charge in [-0.15, -0.1) is 0 Å². The van der Waals surface area contributed by atoms with Gasteiger partial charge in [0.15, 0.2) is 5.75 Å². The van der Waals surface area contributed by atoms with Crippen molar-refractivity contribution < 1.29 is 23.5 Å². The number of hydrogen-bond donors (Lipinski definition) is 2. The Kier molecular flexibility index (Phi) is 6.03. The maximum atomic E-state index is 12.9. The Bertz CT molecular complexity index is 1080. The van der Waals surface area contributed by atoms with Gasteiger partial charge in [0.1, 0.15) is 18.1 Å². The Morgan fingerprint density at radius 2 is 1.76 bits per heavy atom. The molecule has 0 fully saturated rings. The van der Waals surface area contributed by atoms with Crippen molar-refractivity contribution in [3.8, 4) is 5.75 Å². The summed E-state index contributed by atoms with van der Waals surface area (Å²) in [7, 11) is 1.28. The second kappa shape index (κ2) is 8.83. The Morgan fingerprint density at radius 1 is 1.07 bits per heavy atom. The Balaban J connectivity index is 1.64. The summed E-state index contributed by atoms with van der Waals surface area (Å²) in [4.78, 5) is 38.6. The first kappa shape index (κ1) is 19.8. The van der Waals surface area contributed by atoms with Crippen molar-refractivity contribution in [2.45, 2.75) is 6.61 Å². The molecule has 1 aromatic heterocycles. The minimum Gasteiger partial charge on any atom is -0.483 e. The van der Waals surface area contributed by atoms with Gasteiger partial charge in [-0.1, -0.05) is 12.1 Å². The predicted octanol–water partition coefficient (Wildman–Crippen LogP) is 3.13. The van der Waals surface area contributed by atoms with Crippen LogP contribution in [0.25, 0.3) is 0 Å². The number of H-pyrrole nitrogens is 1. The highest BCUT2D eigenvalue weighted by atomic mass is 19.1. The average molecular weight is 396 g/mol. The van der Waals surface area contributed by atoms with Crippen molar-refractivity contribution in [2.75, 3.05) is 12.4 Å². The third-order valence-electron chi connectivity index (χ3n) is 3.99.